The number of anilines is 1. The standard InChI is InChI=1S/C14H10N4OS2/c19-13(10-2-1-7-15-8-10)17-11-3-5-12(6-4-11)21-14-18-16-9-20-14/h1-9H,(H,17,19). The van der Waals surface area contributed by atoms with Gasteiger partial charge in [-0.15, -0.1) is 10.2 Å². The van der Waals surface area contributed by atoms with Crippen molar-refractivity contribution in [3.8, 4) is 0 Å². The van der Waals surface area contributed by atoms with Gasteiger partial charge in [0, 0.05) is 23.0 Å². The summed E-state index contributed by atoms with van der Waals surface area (Å²) in [7, 11) is 0. The van der Waals surface area contributed by atoms with Crippen molar-refractivity contribution in [2.45, 2.75) is 9.24 Å². The van der Waals surface area contributed by atoms with E-state index in [4.69, 9.17) is 0 Å². The molecule has 2 aromatic heterocycles. The Balaban J connectivity index is 1.66. The highest BCUT2D eigenvalue weighted by molar-refractivity contribution is 8.01. The van der Waals surface area contributed by atoms with Crippen molar-refractivity contribution < 1.29 is 4.79 Å². The van der Waals surface area contributed by atoms with Crippen LogP contribution in [0.1, 0.15) is 10.4 Å². The molecule has 0 bridgehead atoms. The molecule has 7 heteroatoms. The number of hydrogen-bond acceptors (Lipinski definition) is 6. The molecular weight excluding hydrogens is 304 g/mol. The highest BCUT2D eigenvalue weighted by Crippen LogP contribution is 2.29. The third-order valence-corrected chi connectivity index (χ3v) is 4.37. The zero-order chi connectivity index (χ0) is 14.5. The number of amides is 1. The molecule has 104 valence electrons. The van der Waals surface area contributed by atoms with Gasteiger partial charge in [-0.1, -0.05) is 23.1 Å². The van der Waals surface area contributed by atoms with Crippen LogP contribution in [0.15, 0.2) is 63.5 Å². The van der Waals surface area contributed by atoms with E-state index in [0.29, 0.717) is 5.56 Å². The molecule has 5 nitrogen and oxygen atoms in total. The van der Waals surface area contributed by atoms with Gasteiger partial charge in [0.25, 0.3) is 5.91 Å². The van der Waals surface area contributed by atoms with Crippen LogP contribution in [0.2, 0.25) is 0 Å². The third-order valence-electron chi connectivity index (χ3n) is 2.58. The lowest BCUT2D eigenvalue weighted by molar-refractivity contribution is 0.102. The summed E-state index contributed by atoms with van der Waals surface area (Å²) in [6, 6.07) is 11.0. The fourth-order valence-electron chi connectivity index (χ4n) is 1.61. The molecule has 0 aliphatic rings. The van der Waals surface area contributed by atoms with Crippen molar-refractivity contribution in [1.29, 1.82) is 0 Å². The Kier molecular flexibility index (Phi) is 4.23. The molecule has 0 atom stereocenters. The Morgan fingerprint density at radius 3 is 2.71 bits per heavy atom. The molecule has 3 aromatic rings. The van der Waals surface area contributed by atoms with Crippen LogP contribution >= 0.6 is 23.1 Å². The van der Waals surface area contributed by atoms with E-state index in [0.717, 1.165) is 14.9 Å². The summed E-state index contributed by atoms with van der Waals surface area (Å²) in [6.07, 6.45) is 3.17. The average Bonchev–Trinajstić information content (AvgIpc) is 3.03. The molecule has 0 fully saturated rings. The van der Waals surface area contributed by atoms with Gasteiger partial charge >= 0.3 is 0 Å². The number of carbonyl (C=O) groups is 1. The van der Waals surface area contributed by atoms with E-state index in [2.05, 4.69) is 20.5 Å². The lowest BCUT2D eigenvalue weighted by Gasteiger charge is -2.05. The molecule has 2 heterocycles. The predicted octanol–water partition coefficient (Wildman–Crippen LogP) is 3.34. The number of benzene rings is 1. The van der Waals surface area contributed by atoms with Gasteiger partial charge in [0.2, 0.25) is 0 Å². The summed E-state index contributed by atoms with van der Waals surface area (Å²) in [5.74, 6) is -0.173. The molecule has 1 N–H and O–H groups in total. The molecule has 0 radical (unpaired) electrons. The van der Waals surface area contributed by atoms with E-state index in [9.17, 15) is 4.79 Å². The van der Waals surface area contributed by atoms with Crippen LogP contribution in [0.25, 0.3) is 0 Å². The monoisotopic (exact) mass is 314 g/mol. The maximum atomic E-state index is 12.0. The van der Waals surface area contributed by atoms with E-state index in [1.54, 1.807) is 35.6 Å². The first-order valence-electron chi connectivity index (χ1n) is 6.07. The lowest BCUT2D eigenvalue weighted by atomic mass is 10.2. The minimum Gasteiger partial charge on any atom is -0.322 e. The zero-order valence-corrected chi connectivity index (χ0v) is 12.4. The molecule has 0 aliphatic heterocycles. The first kappa shape index (κ1) is 13.7. The fourth-order valence-corrected chi connectivity index (χ4v) is 3.07. The molecule has 0 unspecified atom stereocenters. The minimum absolute atomic E-state index is 0.173. The van der Waals surface area contributed by atoms with Crippen LogP contribution in [0.4, 0.5) is 5.69 Å². The van der Waals surface area contributed by atoms with Gasteiger partial charge in [0.1, 0.15) is 5.51 Å². The quantitative estimate of drug-likeness (QED) is 0.800. The number of pyridine rings is 1. The van der Waals surface area contributed by atoms with Gasteiger partial charge < -0.3 is 5.32 Å². The van der Waals surface area contributed by atoms with E-state index >= 15 is 0 Å². The van der Waals surface area contributed by atoms with Gasteiger partial charge in [-0.05, 0) is 36.4 Å². The Bertz CT molecular complexity index is 714. The van der Waals surface area contributed by atoms with Crippen LogP contribution < -0.4 is 5.32 Å². The number of aromatic nitrogens is 3. The van der Waals surface area contributed by atoms with Gasteiger partial charge in [0.15, 0.2) is 4.34 Å². The van der Waals surface area contributed by atoms with Gasteiger partial charge in [-0.25, -0.2) is 0 Å². The largest absolute Gasteiger partial charge is 0.322 e. The Morgan fingerprint density at radius 2 is 2.05 bits per heavy atom. The summed E-state index contributed by atoms with van der Waals surface area (Å²) in [5.41, 5.74) is 2.97. The number of rotatable bonds is 4. The van der Waals surface area contributed by atoms with Crippen LogP contribution in [-0.4, -0.2) is 21.1 Å². The molecule has 0 saturated carbocycles. The summed E-state index contributed by atoms with van der Waals surface area (Å²) < 4.78 is 0.891. The first-order chi connectivity index (χ1) is 10.3. The van der Waals surface area contributed by atoms with Crippen molar-refractivity contribution in [3.05, 3.63) is 59.9 Å². The van der Waals surface area contributed by atoms with Crippen molar-refractivity contribution in [3.63, 3.8) is 0 Å². The molecule has 1 amide bonds. The number of hydrogen-bond donors (Lipinski definition) is 1. The van der Waals surface area contributed by atoms with E-state index < -0.39 is 0 Å². The van der Waals surface area contributed by atoms with E-state index in [1.807, 2.05) is 24.3 Å². The van der Waals surface area contributed by atoms with Crippen LogP contribution in [-0.2, 0) is 0 Å². The molecule has 3 rings (SSSR count). The van der Waals surface area contributed by atoms with Crippen LogP contribution in [0.5, 0.6) is 0 Å². The second-order valence-corrected chi connectivity index (χ2v) is 6.18. The molecule has 0 aliphatic carbocycles. The second-order valence-electron chi connectivity index (χ2n) is 4.03. The van der Waals surface area contributed by atoms with Crippen molar-refractivity contribution >= 4 is 34.7 Å². The Hall–Kier alpha value is -2.25. The maximum Gasteiger partial charge on any atom is 0.257 e. The minimum atomic E-state index is -0.173. The normalized spacial score (nSPS) is 10.3. The molecule has 0 saturated heterocycles. The SMILES string of the molecule is O=C(Nc1ccc(Sc2nncs2)cc1)c1cccnc1. The van der Waals surface area contributed by atoms with E-state index in [-0.39, 0.29) is 5.91 Å². The smallest absolute Gasteiger partial charge is 0.257 e. The van der Waals surface area contributed by atoms with Gasteiger partial charge in [-0.2, -0.15) is 0 Å². The number of nitrogens with one attached hydrogen (secondary N) is 1. The summed E-state index contributed by atoms with van der Waals surface area (Å²) in [6.45, 7) is 0. The Labute approximate surface area is 129 Å². The molecule has 0 spiro atoms. The molecular formula is C14H10N4OS2. The second kappa shape index (κ2) is 6.47. The van der Waals surface area contributed by atoms with Crippen molar-refractivity contribution in [2.24, 2.45) is 0 Å². The highest BCUT2D eigenvalue weighted by atomic mass is 32.2. The zero-order valence-electron chi connectivity index (χ0n) is 10.8. The Morgan fingerprint density at radius 1 is 1.19 bits per heavy atom. The van der Waals surface area contributed by atoms with Gasteiger partial charge in [-0.3, -0.25) is 9.78 Å². The summed E-state index contributed by atoms with van der Waals surface area (Å²) in [5, 5.41) is 10.6. The van der Waals surface area contributed by atoms with E-state index in [1.165, 1.54) is 17.5 Å². The average molecular weight is 314 g/mol. The first-order valence-corrected chi connectivity index (χ1v) is 7.76. The third kappa shape index (κ3) is 3.65. The fraction of sp³-hybridized carbons (Fsp3) is 0. The highest BCUT2D eigenvalue weighted by Gasteiger charge is 2.06. The summed E-state index contributed by atoms with van der Waals surface area (Å²) >= 11 is 3.03. The molecule has 1 aromatic carbocycles. The van der Waals surface area contributed by atoms with Crippen LogP contribution in [0.3, 0.4) is 0 Å². The van der Waals surface area contributed by atoms with Crippen molar-refractivity contribution in [2.75, 3.05) is 5.32 Å². The number of nitrogens with zero attached hydrogens (tertiary/aromatic N) is 3. The topological polar surface area (TPSA) is 67.8 Å². The maximum absolute atomic E-state index is 12.0. The van der Waals surface area contributed by atoms with Gasteiger partial charge in [0.05, 0.1) is 5.56 Å². The number of carbonyl (C=O) groups excluding carboxylic acids is 1. The molecule has 21 heavy (non-hydrogen) atoms. The summed E-state index contributed by atoms with van der Waals surface area (Å²) in [4.78, 5) is 17.0. The van der Waals surface area contributed by atoms with Crippen molar-refractivity contribution in [1.82, 2.24) is 15.2 Å². The van der Waals surface area contributed by atoms with Crippen LogP contribution in [0, 0.1) is 0 Å². The lowest BCUT2D eigenvalue weighted by Crippen LogP contribution is -2.11. The predicted molar refractivity (Wildman–Crippen MR) is 82.7 cm³/mol.